The summed E-state index contributed by atoms with van der Waals surface area (Å²) in [6.45, 7) is 0.378. The summed E-state index contributed by atoms with van der Waals surface area (Å²) in [5.41, 5.74) is 6.53. The molecule has 0 unspecified atom stereocenters. The predicted molar refractivity (Wildman–Crippen MR) is 94.7 cm³/mol. The Morgan fingerprint density at radius 2 is 1.79 bits per heavy atom. The van der Waals surface area contributed by atoms with Crippen LogP contribution in [0.4, 0.5) is 5.69 Å². The number of benzene rings is 2. The molecule has 0 aromatic heterocycles. The lowest BCUT2D eigenvalue weighted by molar-refractivity contribution is 0.415. The minimum Gasteiger partial charge on any atom is -0.497 e. The molecule has 0 radical (unpaired) electrons. The van der Waals surface area contributed by atoms with Crippen molar-refractivity contribution in [3.05, 3.63) is 54.6 Å². The molecule has 0 amide bonds. The summed E-state index contributed by atoms with van der Waals surface area (Å²) >= 11 is 0. The first-order chi connectivity index (χ1) is 11.5. The van der Waals surface area contributed by atoms with Crippen LogP contribution in [0.5, 0.6) is 5.75 Å². The van der Waals surface area contributed by atoms with Gasteiger partial charge in [-0.15, -0.1) is 0 Å². The Morgan fingerprint density at radius 3 is 2.42 bits per heavy atom. The van der Waals surface area contributed by atoms with Gasteiger partial charge in [0.05, 0.1) is 18.6 Å². The van der Waals surface area contributed by atoms with Crippen molar-refractivity contribution in [3.63, 3.8) is 0 Å². The minimum absolute atomic E-state index is 0.155. The summed E-state index contributed by atoms with van der Waals surface area (Å²) < 4.78 is 31.6. The first kappa shape index (κ1) is 17.8. The van der Waals surface area contributed by atoms with Gasteiger partial charge in [0.25, 0.3) is 0 Å². The molecule has 0 aliphatic rings. The quantitative estimate of drug-likeness (QED) is 0.398. The molecule has 2 aromatic carbocycles. The second kappa shape index (κ2) is 8.32. The standard InChI is InChI=1S/C16H20N4O3S/c1-23-14-9-7-13(8-10-14)20-16(17)18-11-12-19-24(21,22)15-5-3-2-4-6-15/h2-10,19H,11-12H2,1H3,(H3,17,18,20). The van der Waals surface area contributed by atoms with Crippen LogP contribution in [0, 0.1) is 0 Å². The van der Waals surface area contributed by atoms with Crippen molar-refractivity contribution in [2.45, 2.75) is 4.90 Å². The molecule has 24 heavy (non-hydrogen) atoms. The van der Waals surface area contributed by atoms with Gasteiger partial charge in [-0.1, -0.05) is 18.2 Å². The normalized spacial score (nSPS) is 12.0. The Morgan fingerprint density at radius 1 is 1.12 bits per heavy atom. The molecule has 0 atom stereocenters. The Balaban J connectivity index is 1.82. The van der Waals surface area contributed by atoms with Gasteiger partial charge in [0.15, 0.2) is 5.96 Å². The van der Waals surface area contributed by atoms with Crippen LogP contribution in [0.25, 0.3) is 0 Å². The highest BCUT2D eigenvalue weighted by Crippen LogP contribution is 2.14. The third-order valence-corrected chi connectivity index (χ3v) is 4.58. The van der Waals surface area contributed by atoms with Crippen LogP contribution in [-0.4, -0.2) is 34.6 Å². The number of guanidine groups is 1. The largest absolute Gasteiger partial charge is 0.497 e. The average Bonchev–Trinajstić information content (AvgIpc) is 2.60. The fourth-order valence-corrected chi connectivity index (χ4v) is 2.94. The van der Waals surface area contributed by atoms with Gasteiger partial charge in [-0.25, -0.2) is 13.1 Å². The van der Waals surface area contributed by atoms with Gasteiger partial charge in [0.1, 0.15) is 5.75 Å². The third-order valence-electron chi connectivity index (χ3n) is 3.10. The highest BCUT2D eigenvalue weighted by Gasteiger charge is 2.11. The highest BCUT2D eigenvalue weighted by molar-refractivity contribution is 7.89. The highest BCUT2D eigenvalue weighted by atomic mass is 32.2. The lowest BCUT2D eigenvalue weighted by atomic mass is 10.3. The SMILES string of the molecule is COc1ccc(NC(N)=NCCNS(=O)(=O)c2ccccc2)cc1. The van der Waals surface area contributed by atoms with E-state index >= 15 is 0 Å². The van der Waals surface area contributed by atoms with Crippen LogP contribution in [0.15, 0.2) is 64.5 Å². The maximum absolute atomic E-state index is 12.0. The molecule has 0 aliphatic carbocycles. The van der Waals surface area contributed by atoms with Gasteiger partial charge >= 0.3 is 0 Å². The molecule has 0 bridgehead atoms. The lowest BCUT2D eigenvalue weighted by Gasteiger charge is -2.07. The van der Waals surface area contributed by atoms with E-state index in [1.807, 2.05) is 0 Å². The van der Waals surface area contributed by atoms with E-state index in [0.29, 0.717) is 0 Å². The second-order valence-corrected chi connectivity index (χ2v) is 6.60. The molecule has 0 fully saturated rings. The number of aliphatic imine (C=N–C) groups is 1. The second-order valence-electron chi connectivity index (χ2n) is 4.83. The first-order valence-electron chi connectivity index (χ1n) is 7.27. The van der Waals surface area contributed by atoms with Crippen molar-refractivity contribution in [1.29, 1.82) is 0 Å². The van der Waals surface area contributed by atoms with Gasteiger partial charge < -0.3 is 15.8 Å². The van der Waals surface area contributed by atoms with Gasteiger partial charge in [0, 0.05) is 12.2 Å². The van der Waals surface area contributed by atoms with Crippen LogP contribution in [0.3, 0.4) is 0 Å². The van der Waals surface area contributed by atoms with Gasteiger partial charge in [0.2, 0.25) is 10.0 Å². The molecule has 0 saturated heterocycles. The number of rotatable bonds is 7. The monoisotopic (exact) mass is 348 g/mol. The number of sulfonamides is 1. The number of methoxy groups -OCH3 is 1. The zero-order valence-corrected chi connectivity index (χ0v) is 14.1. The van der Waals surface area contributed by atoms with Crippen LogP contribution in [0.1, 0.15) is 0 Å². The van der Waals surface area contributed by atoms with Crippen LogP contribution >= 0.6 is 0 Å². The Bertz CT molecular complexity index is 775. The van der Waals surface area contributed by atoms with Crippen molar-refractivity contribution in [2.75, 3.05) is 25.5 Å². The van der Waals surface area contributed by atoms with Gasteiger partial charge in [-0.2, -0.15) is 0 Å². The van der Waals surface area contributed by atoms with Crippen LogP contribution < -0.4 is 20.5 Å². The molecule has 128 valence electrons. The molecule has 8 heteroatoms. The van der Waals surface area contributed by atoms with E-state index in [9.17, 15) is 8.42 Å². The molecule has 0 spiro atoms. The zero-order chi connectivity index (χ0) is 17.4. The Labute approximate surface area is 141 Å². The maximum Gasteiger partial charge on any atom is 0.240 e. The molecule has 7 nitrogen and oxygen atoms in total. The number of nitrogens with zero attached hydrogens (tertiary/aromatic N) is 1. The average molecular weight is 348 g/mol. The van der Waals surface area contributed by atoms with Crippen molar-refractivity contribution < 1.29 is 13.2 Å². The summed E-state index contributed by atoms with van der Waals surface area (Å²) in [7, 11) is -1.93. The maximum atomic E-state index is 12.0. The number of ether oxygens (including phenoxy) is 1. The molecule has 0 aliphatic heterocycles. The van der Waals surface area contributed by atoms with E-state index in [4.69, 9.17) is 10.5 Å². The number of hydrogen-bond acceptors (Lipinski definition) is 4. The predicted octanol–water partition coefficient (Wildman–Crippen LogP) is 1.40. The smallest absolute Gasteiger partial charge is 0.240 e. The molecule has 2 aromatic rings. The fourth-order valence-electron chi connectivity index (χ4n) is 1.90. The summed E-state index contributed by atoms with van der Waals surface area (Å²) in [6.07, 6.45) is 0. The van der Waals surface area contributed by atoms with Crippen molar-refractivity contribution in [2.24, 2.45) is 10.7 Å². The first-order valence-corrected chi connectivity index (χ1v) is 8.75. The van der Waals surface area contributed by atoms with E-state index in [1.165, 1.54) is 12.1 Å². The van der Waals surface area contributed by atoms with Gasteiger partial charge in [-0.3, -0.25) is 4.99 Å². The third kappa shape index (κ3) is 5.25. The van der Waals surface area contributed by atoms with Crippen LogP contribution in [0.2, 0.25) is 0 Å². The molecular weight excluding hydrogens is 328 g/mol. The number of nitrogens with two attached hydrogens (primary N) is 1. The van der Waals surface area contributed by atoms with E-state index in [-0.39, 0.29) is 23.9 Å². The molecule has 0 saturated carbocycles. The van der Waals surface area contributed by atoms with E-state index in [2.05, 4.69) is 15.0 Å². The summed E-state index contributed by atoms with van der Waals surface area (Å²) in [5.74, 6) is 0.949. The fraction of sp³-hybridized carbons (Fsp3) is 0.188. The van der Waals surface area contributed by atoms with E-state index in [1.54, 1.807) is 49.6 Å². The molecule has 4 N–H and O–H groups in total. The van der Waals surface area contributed by atoms with Crippen molar-refractivity contribution in [1.82, 2.24) is 4.72 Å². The van der Waals surface area contributed by atoms with Crippen LogP contribution in [-0.2, 0) is 10.0 Å². The number of hydrogen-bond donors (Lipinski definition) is 3. The minimum atomic E-state index is -3.52. The molecule has 2 rings (SSSR count). The topological polar surface area (TPSA) is 106 Å². The van der Waals surface area contributed by atoms with Crippen molar-refractivity contribution in [3.8, 4) is 5.75 Å². The number of nitrogens with one attached hydrogen (secondary N) is 2. The lowest BCUT2D eigenvalue weighted by Crippen LogP contribution is -2.28. The summed E-state index contributed by atoms with van der Waals surface area (Å²) in [6, 6.07) is 15.4. The van der Waals surface area contributed by atoms with E-state index < -0.39 is 10.0 Å². The Kier molecular flexibility index (Phi) is 6.16. The van der Waals surface area contributed by atoms with E-state index in [0.717, 1.165) is 11.4 Å². The summed E-state index contributed by atoms with van der Waals surface area (Å²) in [4.78, 5) is 4.30. The van der Waals surface area contributed by atoms with Gasteiger partial charge in [-0.05, 0) is 36.4 Å². The number of anilines is 1. The molecular formula is C16H20N4O3S. The van der Waals surface area contributed by atoms with Crippen molar-refractivity contribution >= 4 is 21.7 Å². The Hall–Kier alpha value is -2.58. The zero-order valence-electron chi connectivity index (χ0n) is 13.3. The molecule has 0 heterocycles. The summed E-state index contributed by atoms with van der Waals surface area (Å²) in [5, 5.41) is 2.92.